The van der Waals surface area contributed by atoms with Gasteiger partial charge in [-0.05, 0) is 59.5 Å². The predicted molar refractivity (Wildman–Crippen MR) is 125 cm³/mol. The summed E-state index contributed by atoms with van der Waals surface area (Å²) < 4.78 is 0. The summed E-state index contributed by atoms with van der Waals surface area (Å²) in [6, 6.07) is 42.3. The molecule has 0 bridgehead atoms. The topological polar surface area (TPSA) is 0 Å². The SMILES string of the molecule is CC(C)(C)c1ccc(S(c2ccccc2)(c2ccccc2)c2ccccc2)cc1. The summed E-state index contributed by atoms with van der Waals surface area (Å²) in [5, 5.41) is 0. The maximum Gasteiger partial charge on any atom is 0.00231 e. The van der Waals surface area contributed by atoms with Gasteiger partial charge in [-0.15, -0.1) is 10.0 Å². The first kappa shape index (κ1) is 19.5. The number of hydrogen-bond acceptors (Lipinski definition) is 0. The van der Waals surface area contributed by atoms with Crippen LogP contribution in [0.2, 0.25) is 0 Å². The zero-order valence-corrected chi connectivity index (χ0v) is 18.2. The molecule has 0 radical (unpaired) electrons. The maximum atomic E-state index is 2.35. The highest BCUT2D eigenvalue weighted by Crippen LogP contribution is 2.73. The normalized spacial score (nSPS) is 12.5. The van der Waals surface area contributed by atoms with E-state index in [1.807, 2.05) is 0 Å². The van der Waals surface area contributed by atoms with E-state index < -0.39 is 10.0 Å². The zero-order valence-electron chi connectivity index (χ0n) is 17.4. The van der Waals surface area contributed by atoms with Crippen molar-refractivity contribution in [2.24, 2.45) is 0 Å². The standard InChI is InChI=1S/C28H28S/c1-28(2,3)23-19-21-27(22-20-23)29(24-13-7-4-8-14-24,25-15-9-5-10-16-25)26-17-11-6-12-18-26/h4-22H,1-3H3. The first-order valence-corrected chi connectivity index (χ1v) is 11.8. The van der Waals surface area contributed by atoms with E-state index in [-0.39, 0.29) is 5.41 Å². The van der Waals surface area contributed by atoms with Crippen LogP contribution in [0.4, 0.5) is 0 Å². The average Bonchev–Trinajstić information content (AvgIpc) is 2.76. The largest absolute Gasteiger partial charge is 0.133 e. The van der Waals surface area contributed by atoms with Crippen LogP contribution in [0.1, 0.15) is 26.3 Å². The Morgan fingerprint density at radius 2 is 0.724 bits per heavy atom. The molecule has 29 heavy (non-hydrogen) atoms. The maximum absolute atomic E-state index is 2.35. The molecule has 0 saturated heterocycles. The van der Waals surface area contributed by atoms with Crippen molar-refractivity contribution in [1.29, 1.82) is 0 Å². The highest BCUT2D eigenvalue weighted by atomic mass is 32.3. The van der Waals surface area contributed by atoms with E-state index in [2.05, 4.69) is 136 Å². The van der Waals surface area contributed by atoms with Crippen LogP contribution in [-0.2, 0) is 5.41 Å². The molecule has 0 aliphatic heterocycles. The number of hydrogen-bond donors (Lipinski definition) is 0. The Kier molecular flexibility index (Phi) is 5.34. The smallest absolute Gasteiger partial charge is 0.00231 e. The molecule has 0 aliphatic carbocycles. The van der Waals surface area contributed by atoms with Gasteiger partial charge in [0.15, 0.2) is 0 Å². The zero-order chi connectivity index (χ0) is 20.3. The minimum absolute atomic E-state index is 0.142. The van der Waals surface area contributed by atoms with E-state index >= 15 is 0 Å². The molecule has 0 aliphatic rings. The van der Waals surface area contributed by atoms with Gasteiger partial charge in [-0.25, -0.2) is 0 Å². The molecule has 4 rings (SSSR count). The van der Waals surface area contributed by atoms with E-state index in [0.717, 1.165) is 0 Å². The molecule has 0 N–H and O–H groups in total. The molecule has 0 unspecified atom stereocenters. The molecule has 0 fully saturated rings. The van der Waals surface area contributed by atoms with E-state index in [4.69, 9.17) is 0 Å². The third-order valence-electron chi connectivity index (χ3n) is 5.36. The molecule has 0 atom stereocenters. The Bertz CT molecular complexity index is 947. The summed E-state index contributed by atoms with van der Waals surface area (Å²) in [6.07, 6.45) is 0. The van der Waals surface area contributed by atoms with Crippen LogP contribution in [0.3, 0.4) is 0 Å². The molecule has 0 nitrogen and oxygen atoms in total. The summed E-state index contributed by atoms with van der Waals surface area (Å²) in [7, 11) is -1.57. The second-order valence-corrected chi connectivity index (χ2v) is 11.4. The van der Waals surface area contributed by atoms with Gasteiger partial charge in [0.2, 0.25) is 0 Å². The van der Waals surface area contributed by atoms with Crippen molar-refractivity contribution < 1.29 is 0 Å². The fraction of sp³-hybridized carbons (Fsp3) is 0.143. The highest BCUT2D eigenvalue weighted by molar-refractivity contribution is 8.34. The minimum atomic E-state index is -1.57. The van der Waals surface area contributed by atoms with Crippen molar-refractivity contribution in [1.82, 2.24) is 0 Å². The molecule has 4 aromatic rings. The lowest BCUT2D eigenvalue weighted by Crippen LogP contribution is -2.11. The van der Waals surface area contributed by atoms with Crippen molar-refractivity contribution >= 4 is 10.0 Å². The van der Waals surface area contributed by atoms with Crippen LogP contribution >= 0.6 is 10.0 Å². The van der Waals surface area contributed by atoms with Gasteiger partial charge in [-0.3, -0.25) is 0 Å². The first-order valence-electron chi connectivity index (χ1n) is 10.1. The molecule has 0 amide bonds. The predicted octanol–water partition coefficient (Wildman–Crippen LogP) is 8.32. The molecule has 0 saturated carbocycles. The summed E-state index contributed by atoms with van der Waals surface area (Å²) in [6.45, 7) is 6.81. The third kappa shape index (κ3) is 3.63. The van der Waals surface area contributed by atoms with Crippen LogP contribution in [-0.4, -0.2) is 0 Å². The molecule has 0 heterocycles. The second kappa shape index (κ2) is 7.93. The van der Waals surface area contributed by atoms with Crippen molar-refractivity contribution in [3.63, 3.8) is 0 Å². The molecule has 146 valence electrons. The van der Waals surface area contributed by atoms with Gasteiger partial charge in [0.1, 0.15) is 0 Å². The second-order valence-electron chi connectivity index (χ2n) is 8.33. The van der Waals surface area contributed by atoms with E-state index in [9.17, 15) is 0 Å². The van der Waals surface area contributed by atoms with Crippen LogP contribution in [0.25, 0.3) is 0 Å². The van der Waals surface area contributed by atoms with Gasteiger partial charge in [-0.2, -0.15) is 0 Å². The van der Waals surface area contributed by atoms with Crippen LogP contribution < -0.4 is 0 Å². The van der Waals surface area contributed by atoms with E-state index in [0.29, 0.717) is 0 Å². The first-order chi connectivity index (χ1) is 14.0. The van der Waals surface area contributed by atoms with Crippen LogP contribution in [0.15, 0.2) is 135 Å². The Balaban J connectivity index is 2.06. The van der Waals surface area contributed by atoms with Crippen molar-refractivity contribution in [2.45, 2.75) is 45.8 Å². The fourth-order valence-electron chi connectivity index (χ4n) is 3.85. The highest BCUT2D eigenvalue weighted by Gasteiger charge is 2.33. The Labute approximate surface area is 176 Å². The van der Waals surface area contributed by atoms with Crippen molar-refractivity contribution in [2.75, 3.05) is 0 Å². The van der Waals surface area contributed by atoms with E-state index in [1.54, 1.807) is 0 Å². The third-order valence-corrected chi connectivity index (χ3v) is 9.28. The van der Waals surface area contributed by atoms with Gasteiger partial charge in [0, 0.05) is 19.6 Å². The van der Waals surface area contributed by atoms with Crippen molar-refractivity contribution in [3.05, 3.63) is 121 Å². The average molecular weight is 397 g/mol. The molecule has 0 aromatic heterocycles. The van der Waals surface area contributed by atoms with Gasteiger partial charge >= 0.3 is 0 Å². The minimum Gasteiger partial charge on any atom is -0.133 e. The molecular formula is C28H28S. The van der Waals surface area contributed by atoms with Gasteiger partial charge in [-0.1, -0.05) is 87.5 Å². The summed E-state index contributed by atoms with van der Waals surface area (Å²) in [5.74, 6) is 0. The molecule has 0 spiro atoms. The van der Waals surface area contributed by atoms with Crippen LogP contribution in [0, 0.1) is 0 Å². The van der Waals surface area contributed by atoms with Gasteiger partial charge < -0.3 is 0 Å². The lowest BCUT2D eigenvalue weighted by atomic mass is 9.87. The lowest BCUT2D eigenvalue weighted by molar-refractivity contribution is 0.589. The van der Waals surface area contributed by atoms with Crippen LogP contribution in [0.5, 0.6) is 0 Å². The number of benzene rings is 4. The monoisotopic (exact) mass is 396 g/mol. The Morgan fingerprint density at radius 3 is 1.03 bits per heavy atom. The van der Waals surface area contributed by atoms with Crippen molar-refractivity contribution in [3.8, 4) is 0 Å². The molecular weight excluding hydrogens is 368 g/mol. The summed E-state index contributed by atoms with van der Waals surface area (Å²) in [4.78, 5) is 5.46. The molecule has 1 heteroatoms. The number of rotatable bonds is 4. The Morgan fingerprint density at radius 1 is 0.414 bits per heavy atom. The fourth-order valence-corrected chi connectivity index (χ4v) is 7.72. The lowest BCUT2D eigenvalue weighted by Gasteiger charge is -2.42. The van der Waals surface area contributed by atoms with E-state index in [1.165, 1.54) is 25.1 Å². The quantitative estimate of drug-likeness (QED) is 0.325. The Hall–Kier alpha value is -2.77. The molecule has 4 aromatic carbocycles. The van der Waals surface area contributed by atoms with Gasteiger partial charge in [0.05, 0.1) is 0 Å². The summed E-state index contributed by atoms with van der Waals surface area (Å²) in [5.41, 5.74) is 1.51. The summed E-state index contributed by atoms with van der Waals surface area (Å²) >= 11 is 0. The van der Waals surface area contributed by atoms with Gasteiger partial charge in [0.25, 0.3) is 0 Å².